The van der Waals surface area contributed by atoms with Crippen LogP contribution < -0.4 is 4.74 Å². The van der Waals surface area contributed by atoms with Gasteiger partial charge in [-0.2, -0.15) is 0 Å². The van der Waals surface area contributed by atoms with Crippen LogP contribution in [0.15, 0.2) is 53.0 Å². The first kappa shape index (κ1) is 15.0. The minimum atomic E-state index is -1.06. The third kappa shape index (κ3) is 3.60. The molecule has 0 heterocycles. The summed E-state index contributed by atoms with van der Waals surface area (Å²) in [5.74, 6) is 0.619. The van der Waals surface area contributed by atoms with E-state index in [2.05, 4.69) is 15.9 Å². The van der Waals surface area contributed by atoms with Crippen molar-refractivity contribution >= 4 is 15.9 Å². The maximum absolute atomic E-state index is 10.4. The average Bonchev–Trinajstić information content (AvgIpc) is 2.47. The fraction of sp³-hybridized carbons (Fsp3) is 0.250. The Kier molecular flexibility index (Phi) is 4.81. The van der Waals surface area contributed by atoms with Crippen molar-refractivity contribution < 1.29 is 14.9 Å². The van der Waals surface area contributed by atoms with Crippen LogP contribution in [0.1, 0.15) is 18.1 Å². The van der Waals surface area contributed by atoms with E-state index in [4.69, 9.17) is 4.74 Å². The molecule has 0 radical (unpaired) electrons. The summed E-state index contributed by atoms with van der Waals surface area (Å²) in [5.41, 5.74) is 0.495. The van der Waals surface area contributed by atoms with Gasteiger partial charge in [-0.05, 0) is 36.2 Å². The van der Waals surface area contributed by atoms with Crippen molar-refractivity contribution in [3.63, 3.8) is 0 Å². The van der Waals surface area contributed by atoms with Gasteiger partial charge in [-0.3, -0.25) is 0 Å². The number of aliphatic hydroxyl groups is 2. The average molecular weight is 337 g/mol. The Labute approximate surface area is 127 Å². The van der Waals surface area contributed by atoms with Gasteiger partial charge in [0.05, 0.1) is 6.61 Å². The summed E-state index contributed by atoms with van der Waals surface area (Å²) in [6, 6.07) is 14.8. The standard InChI is InChI=1S/C16H17BrO3/c1-16(19,13-5-3-2-4-6-13)11-20-14-7-8-15(17)12(9-14)10-18/h2-9,18-19H,10-11H2,1H3. The molecule has 0 aromatic heterocycles. The molecule has 4 heteroatoms. The lowest BCUT2D eigenvalue weighted by Gasteiger charge is -2.24. The molecule has 106 valence electrons. The third-order valence-corrected chi connectivity index (χ3v) is 3.88. The van der Waals surface area contributed by atoms with E-state index in [-0.39, 0.29) is 13.2 Å². The molecule has 2 N–H and O–H groups in total. The number of hydrogen-bond acceptors (Lipinski definition) is 3. The normalized spacial score (nSPS) is 13.8. The molecule has 1 atom stereocenters. The zero-order chi connectivity index (χ0) is 14.6. The number of benzene rings is 2. The van der Waals surface area contributed by atoms with Crippen molar-refractivity contribution in [2.24, 2.45) is 0 Å². The lowest BCUT2D eigenvalue weighted by Crippen LogP contribution is -2.29. The first-order valence-corrected chi connectivity index (χ1v) is 7.12. The maximum atomic E-state index is 10.4. The third-order valence-electron chi connectivity index (χ3n) is 3.10. The van der Waals surface area contributed by atoms with Crippen LogP contribution >= 0.6 is 15.9 Å². The largest absolute Gasteiger partial charge is 0.490 e. The molecule has 2 aromatic rings. The van der Waals surface area contributed by atoms with E-state index >= 15 is 0 Å². The number of aliphatic hydroxyl groups excluding tert-OH is 1. The Morgan fingerprint density at radius 3 is 2.50 bits per heavy atom. The van der Waals surface area contributed by atoms with Gasteiger partial charge in [0, 0.05) is 4.47 Å². The second-order valence-corrected chi connectivity index (χ2v) is 5.69. The molecule has 0 bridgehead atoms. The van der Waals surface area contributed by atoms with Gasteiger partial charge < -0.3 is 14.9 Å². The Morgan fingerprint density at radius 2 is 1.85 bits per heavy atom. The van der Waals surface area contributed by atoms with Gasteiger partial charge in [0.2, 0.25) is 0 Å². The molecule has 3 nitrogen and oxygen atoms in total. The minimum absolute atomic E-state index is 0.0626. The van der Waals surface area contributed by atoms with Crippen molar-refractivity contribution in [3.05, 3.63) is 64.1 Å². The molecule has 2 aromatic carbocycles. The Balaban J connectivity index is 2.08. The smallest absolute Gasteiger partial charge is 0.121 e. The van der Waals surface area contributed by atoms with Gasteiger partial charge in [-0.1, -0.05) is 46.3 Å². The Bertz CT molecular complexity index is 567. The molecule has 0 aliphatic heterocycles. The quantitative estimate of drug-likeness (QED) is 0.881. The van der Waals surface area contributed by atoms with Crippen LogP contribution in [0.2, 0.25) is 0 Å². The highest BCUT2D eigenvalue weighted by Gasteiger charge is 2.23. The lowest BCUT2D eigenvalue weighted by atomic mass is 9.97. The number of ether oxygens (including phenoxy) is 1. The summed E-state index contributed by atoms with van der Waals surface area (Å²) < 4.78 is 6.48. The maximum Gasteiger partial charge on any atom is 0.121 e. The zero-order valence-electron chi connectivity index (χ0n) is 11.2. The SMILES string of the molecule is CC(O)(COc1ccc(Br)c(CO)c1)c1ccccc1. The molecule has 1 unspecified atom stereocenters. The minimum Gasteiger partial charge on any atom is -0.490 e. The van der Waals surface area contributed by atoms with E-state index in [9.17, 15) is 10.2 Å². The summed E-state index contributed by atoms with van der Waals surface area (Å²) >= 11 is 3.35. The van der Waals surface area contributed by atoms with E-state index in [1.807, 2.05) is 36.4 Å². The predicted octanol–water partition coefficient (Wildman–Crippen LogP) is 3.23. The van der Waals surface area contributed by atoms with Crippen molar-refractivity contribution in [3.8, 4) is 5.75 Å². The van der Waals surface area contributed by atoms with Gasteiger partial charge in [0.15, 0.2) is 0 Å². The van der Waals surface area contributed by atoms with E-state index in [1.165, 1.54) is 0 Å². The molecular formula is C16H17BrO3. The molecule has 0 saturated carbocycles. The van der Waals surface area contributed by atoms with Gasteiger partial charge in [0.1, 0.15) is 18.0 Å². The molecule has 0 fully saturated rings. The highest BCUT2D eigenvalue weighted by molar-refractivity contribution is 9.10. The van der Waals surface area contributed by atoms with Crippen LogP contribution in [-0.4, -0.2) is 16.8 Å². The topological polar surface area (TPSA) is 49.7 Å². The fourth-order valence-corrected chi connectivity index (χ4v) is 2.24. The lowest BCUT2D eigenvalue weighted by molar-refractivity contribution is 0.00755. The van der Waals surface area contributed by atoms with E-state index in [0.717, 1.165) is 15.6 Å². The summed E-state index contributed by atoms with van der Waals surface area (Å²) in [5, 5.41) is 19.7. The summed E-state index contributed by atoms with van der Waals surface area (Å²) in [4.78, 5) is 0. The zero-order valence-corrected chi connectivity index (χ0v) is 12.8. The van der Waals surface area contributed by atoms with Gasteiger partial charge in [0.25, 0.3) is 0 Å². The monoisotopic (exact) mass is 336 g/mol. The van der Waals surface area contributed by atoms with Crippen LogP contribution in [0.3, 0.4) is 0 Å². The predicted molar refractivity (Wildman–Crippen MR) is 81.6 cm³/mol. The number of halogens is 1. The molecular weight excluding hydrogens is 320 g/mol. The van der Waals surface area contributed by atoms with Crippen molar-refractivity contribution in [2.45, 2.75) is 19.1 Å². The van der Waals surface area contributed by atoms with Crippen LogP contribution in [0.25, 0.3) is 0 Å². The molecule has 0 saturated heterocycles. The van der Waals surface area contributed by atoms with Gasteiger partial charge in [-0.15, -0.1) is 0 Å². The second kappa shape index (κ2) is 6.39. The van der Waals surface area contributed by atoms with Crippen molar-refractivity contribution in [1.29, 1.82) is 0 Å². The van der Waals surface area contributed by atoms with Gasteiger partial charge in [-0.25, -0.2) is 0 Å². The Morgan fingerprint density at radius 1 is 1.15 bits per heavy atom. The first-order valence-electron chi connectivity index (χ1n) is 6.33. The molecule has 0 amide bonds. The first-order chi connectivity index (χ1) is 9.53. The van der Waals surface area contributed by atoms with Crippen molar-refractivity contribution in [2.75, 3.05) is 6.61 Å². The van der Waals surface area contributed by atoms with E-state index in [1.54, 1.807) is 19.1 Å². The summed E-state index contributed by atoms with van der Waals surface area (Å²) in [7, 11) is 0. The highest BCUT2D eigenvalue weighted by atomic mass is 79.9. The highest BCUT2D eigenvalue weighted by Crippen LogP contribution is 2.25. The van der Waals surface area contributed by atoms with Crippen LogP contribution in [0, 0.1) is 0 Å². The second-order valence-electron chi connectivity index (χ2n) is 4.84. The van der Waals surface area contributed by atoms with Gasteiger partial charge >= 0.3 is 0 Å². The molecule has 2 rings (SSSR count). The fourth-order valence-electron chi connectivity index (χ4n) is 1.87. The number of rotatable bonds is 5. The van der Waals surface area contributed by atoms with Crippen LogP contribution in [0.5, 0.6) is 5.75 Å². The number of hydrogen-bond donors (Lipinski definition) is 2. The summed E-state index contributed by atoms with van der Waals surface area (Å²) in [6.45, 7) is 1.80. The Hall–Kier alpha value is -1.36. The molecule has 0 aliphatic rings. The van der Waals surface area contributed by atoms with E-state index in [0.29, 0.717) is 5.75 Å². The van der Waals surface area contributed by atoms with Crippen LogP contribution in [0.4, 0.5) is 0 Å². The van der Waals surface area contributed by atoms with Crippen molar-refractivity contribution in [1.82, 2.24) is 0 Å². The molecule has 0 aliphatic carbocycles. The molecule has 20 heavy (non-hydrogen) atoms. The summed E-state index contributed by atoms with van der Waals surface area (Å²) in [6.07, 6.45) is 0. The van der Waals surface area contributed by atoms with Crippen LogP contribution in [-0.2, 0) is 12.2 Å². The molecule has 0 spiro atoms. The van der Waals surface area contributed by atoms with E-state index < -0.39 is 5.60 Å².